The molecule has 1 N–H and O–H groups in total. The maximum Gasteiger partial charge on any atom is 0.221 e. The molecule has 1 fully saturated rings. The highest BCUT2D eigenvalue weighted by Gasteiger charge is 2.22. The number of piperidine rings is 1. The molecule has 0 unspecified atom stereocenters. The summed E-state index contributed by atoms with van der Waals surface area (Å²) in [5, 5.41) is 7.97. The van der Waals surface area contributed by atoms with Crippen LogP contribution in [0, 0.1) is 0 Å². The van der Waals surface area contributed by atoms with Crippen molar-refractivity contribution >= 4 is 17.5 Å². The lowest BCUT2D eigenvalue weighted by Gasteiger charge is -2.35. The molecule has 2 heterocycles. The van der Waals surface area contributed by atoms with Crippen molar-refractivity contribution in [1.82, 2.24) is 20.0 Å². The number of nitrogens with zero attached hydrogens (tertiary/aromatic N) is 3. The first kappa shape index (κ1) is 18.0. The van der Waals surface area contributed by atoms with E-state index >= 15 is 0 Å². The molecule has 1 aliphatic heterocycles. The Morgan fingerprint density at radius 2 is 1.96 bits per heavy atom. The fourth-order valence-corrected chi connectivity index (χ4v) is 3.45. The average molecular weight is 361 g/mol. The second kappa shape index (κ2) is 9.02. The van der Waals surface area contributed by atoms with Gasteiger partial charge in [0.1, 0.15) is 0 Å². The van der Waals surface area contributed by atoms with Crippen LogP contribution < -0.4 is 5.32 Å². The summed E-state index contributed by atoms with van der Waals surface area (Å²) in [6, 6.07) is 10.0. The van der Waals surface area contributed by atoms with Crippen LogP contribution in [-0.4, -0.2) is 40.2 Å². The zero-order valence-electron chi connectivity index (χ0n) is 14.4. The number of hydrogen-bond acceptors (Lipinski definition) is 3. The van der Waals surface area contributed by atoms with Crippen LogP contribution >= 0.6 is 11.6 Å². The maximum atomic E-state index is 12.2. The molecule has 0 radical (unpaired) electrons. The van der Waals surface area contributed by atoms with E-state index < -0.39 is 0 Å². The molecule has 5 nitrogen and oxygen atoms in total. The largest absolute Gasteiger partial charge is 0.354 e. The second-order valence-electron chi connectivity index (χ2n) is 6.49. The number of aryl methyl sites for hydroxylation is 1. The van der Waals surface area contributed by atoms with Crippen molar-refractivity contribution in [2.24, 2.45) is 0 Å². The van der Waals surface area contributed by atoms with Crippen molar-refractivity contribution in [2.45, 2.75) is 38.3 Å². The van der Waals surface area contributed by atoms with Gasteiger partial charge in [-0.2, -0.15) is 5.10 Å². The maximum absolute atomic E-state index is 12.2. The first-order chi connectivity index (χ1) is 12.2. The Labute approximate surface area is 154 Å². The van der Waals surface area contributed by atoms with E-state index in [1.807, 2.05) is 24.4 Å². The number of benzene rings is 1. The number of aromatic nitrogens is 2. The molecule has 1 aromatic carbocycles. The Hall–Kier alpha value is -1.85. The topological polar surface area (TPSA) is 50.2 Å². The highest BCUT2D eigenvalue weighted by molar-refractivity contribution is 6.30. The van der Waals surface area contributed by atoms with Crippen molar-refractivity contribution in [2.75, 3.05) is 19.6 Å². The van der Waals surface area contributed by atoms with Gasteiger partial charge in [0.05, 0.1) is 6.04 Å². The standard InChI is InChI=1S/C19H25ClN4O/c20-17-7-5-16(6-8-17)18(23-11-2-1-3-12-23)15-21-19(25)9-14-24-13-4-10-22-24/h4-8,10,13,18H,1-3,9,11-12,14-15H2,(H,21,25)/t18-/m1/s1. The van der Waals surface area contributed by atoms with Crippen molar-refractivity contribution in [3.8, 4) is 0 Å². The number of halogens is 1. The highest BCUT2D eigenvalue weighted by atomic mass is 35.5. The van der Waals surface area contributed by atoms with Crippen molar-refractivity contribution < 1.29 is 4.79 Å². The number of carbonyl (C=O) groups is 1. The number of carbonyl (C=O) groups excluding carboxylic acids is 1. The molecule has 1 aromatic heterocycles. The average Bonchev–Trinajstić information content (AvgIpc) is 3.16. The molecule has 1 saturated heterocycles. The summed E-state index contributed by atoms with van der Waals surface area (Å²) in [6.07, 6.45) is 7.77. The molecule has 1 atom stereocenters. The summed E-state index contributed by atoms with van der Waals surface area (Å²) < 4.78 is 1.78. The van der Waals surface area contributed by atoms with E-state index in [9.17, 15) is 4.79 Å². The van der Waals surface area contributed by atoms with Gasteiger partial charge in [-0.05, 0) is 49.7 Å². The first-order valence-electron chi connectivity index (χ1n) is 8.96. The van der Waals surface area contributed by atoms with Gasteiger partial charge < -0.3 is 5.32 Å². The van der Waals surface area contributed by atoms with E-state index in [2.05, 4.69) is 27.4 Å². The van der Waals surface area contributed by atoms with Crippen LogP contribution in [0.5, 0.6) is 0 Å². The summed E-state index contributed by atoms with van der Waals surface area (Å²) in [7, 11) is 0. The summed E-state index contributed by atoms with van der Waals surface area (Å²) in [5.41, 5.74) is 1.21. The highest BCUT2D eigenvalue weighted by Crippen LogP contribution is 2.25. The smallest absolute Gasteiger partial charge is 0.221 e. The summed E-state index contributed by atoms with van der Waals surface area (Å²) in [6.45, 7) is 3.39. The van der Waals surface area contributed by atoms with Crippen molar-refractivity contribution in [3.05, 3.63) is 53.3 Å². The molecule has 0 spiro atoms. The third kappa shape index (κ3) is 5.31. The van der Waals surface area contributed by atoms with E-state index in [0.29, 0.717) is 19.5 Å². The van der Waals surface area contributed by atoms with Gasteiger partial charge in [-0.25, -0.2) is 0 Å². The summed E-state index contributed by atoms with van der Waals surface area (Å²) in [5.74, 6) is 0.0615. The number of rotatable bonds is 7. The van der Waals surface area contributed by atoms with Crippen LogP contribution in [0.25, 0.3) is 0 Å². The Morgan fingerprint density at radius 1 is 1.20 bits per heavy atom. The third-order valence-corrected chi connectivity index (χ3v) is 4.96. The van der Waals surface area contributed by atoms with Gasteiger partial charge >= 0.3 is 0 Å². The van der Waals surface area contributed by atoms with Crippen molar-refractivity contribution in [1.29, 1.82) is 0 Å². The molecule has 6 heteroatoms. The van der Waals surface area contributed by atoms with Crippen LogP contribution in [-0.2, 0) is 11.3 Å². The predicted molar refractivity (Wildman–Crippen MR) is 99.5 cm³/mol. The molecule has 1 amide bonds. The quantitative estimate of drug-likeness (QED) is 0.824. The Balaban J connectivity index is 1.58. The lowest BCUT2D eigenvalue weighted by Crippen LogP contribution is -2.40. The normalized spacial score (nSPS) is 16.5. The van der Waals surface area contributed by atoms with Gasteiger partial charge in [0.15, 0.2) is 0 Å². The zero-order valence-corrected chi connectivity index (χ0v) is 15.2. The third-order valence-electron chi connectivity index (χ3n) is 4.71. The molecule has 3 rings (SSSR count). The minimum Gasteiger partial charge on any atom is -0.354 e. The van der Waals surface area contributed by atoms with Crippen LogP contribution in [0.2, 0.25) is 5.02 Å². The minimum atomic E-state index is 0.0615. The van der Waals surface area contributed by atoms with Crippen LogP contribution in [0.15, 0.2) is 42.7 Å². The lowest BCUT2D eigenvalue weighted by atomic mass is 10.0. The lowest BCUT2D eigenvalue weighted by molar-refractivity contribution is -0.121. The van der Waals surface area contributed by atoms with E-state index in [-0.39, 0.29) is 11.9 Å². The fraction of sp³-hybridized carbons (Fsp3) is 0.474. The van der Waals surface area contributed by atoms with E-state index in [0.717, 1.165) is 18.1 Å². The Bertz CT molecular complexity index is 651. The van der Waals surface area contributed by atoms with Crippen LogP contribution in [0.3, 0.4) is 0 Å². The molecular weight excluding hydrogens is 336 g/mol. The van der Waals surface area contributed by atoms with E-state index in [1.54, 1.807) is 10.9 Å². The first-order valence-corrected chi connectivity index (χ1v) is 9.34. The number of hydrogen-bond donors (Lipinski definition) is 1. The molecule has 0 bridgehead atoms. The van der Waals surface area contributed by atoms with Gasteiger partial charge in [-0.1, -0.05) is 30.2 Å². The monoisotopic (exact) mass is 360 g/mol. The van der Waals surface area contributed by atoms with Gasteiger partial charge in [0.25, 0.3) is 0 Å². The minimum absolute atomic E-state index is 0.0615. The van der Waals surface area contributed by atoms with Crippen molar-refractivity contribution in [3.63, 3.8) is 0 Å². The molecular formula is C19H25ClN4O. The zero-order chi connectivity index (χ0) is 17.5. The number of nitrogens with one attached hydrogen (secondary N) is 1. The molecule has 1 aliphatic rings. The van der Waals surface area contributed by atoms with Gasteiger partial charge in [0.2, 0.25) is 5.91 Å². The molecule has 2 aromatic rings. The van der Waals surface area contributed by atoms with Gasteiger partial charge in [0, 0.05) is 36.9 Å². The number of likely N-dealkylation sites (tertiary alicyclic amines) is 1. The SMILES string of the molecule is O=C(CCn1cccn1)NC[C@H](c1ccc(Cl)cc1)N1CCCCC1. The predicted octanol–water partition coefficient (Wildman–Crippen LogP) is 3.27. The summed E-state index contributed by atoms with van der Waals surface area (Å²) >= 11 is 6.03. The molecule has 0 aliphatic carbocycles. The molecule has 25 heavy (non-hydrogen) atoms. The molecule has 134 valence electrons. The molecule has 0 saturated carbocycles. The van der Waals surface area contributed by atoms with E-state index in [1.165, 1.54) is 24.8 Å². The fourth-order valence-electron chi connectivity index (χ4n) is 3.32. The second-order valence-corrected chi connectivity index (χ2v) is 6.92. The number of amides is 1. The van der Waals surface area contributed by atoms with Gasteiger partial charge in [-0.15, -0.1) is 0 Å². The Morgan fingerprint density at radius 3 is 2.64 bits per heavy atom. The summed E-state index contributed by atoms with van der Waals surface area (Å²) in [4.78, 5) is 14.7. The van der Waals surface area contributed by atoms with Crippen LogP contribution in [0.1, 0.15) is 37.3 Å². The van der Waals surface area contributed by atoms with Crippen LogP contribution in [0.4, 0.5) is 0 Å². The Kier molecular flexibility index (Phi) is 6.48. The van der Waals surface area contributed by atoms with Gasteiger partial charge in [-0.3, -0.25) is 14.4 Å². The van der Waals surface area contributed by atoms with E-state index in [4.69, 9.17) is 11.6 Å².